The topological polar surface area (TPSA) is 86.8 Å². The van der Waals surface area contributed by atoms with Gasteiger partial charge in [-0.1, -0.05) is 73.0 Å². The van der Waals surface area contributed by atoms with Crippen LogP contribution in [0, 0.1) is 0 Å². The van der Waals surface area contributed by atoms with Crippen LogP contribution >= 0.6 is 11.6 Å². The third-order valence-electron chi connectivity index (χ3n) is 7.51. The van der Waals surface area contributed by atoms with E-state index < -0.39 is 45.9 Å². The number of halogens is 4. The molecule has 2 amide bonds. The lowest BCUT2D eigenvalue weighted by molar-refractivity contribution is -0.139. The van der Waals surface area contributed by atoms with E-state index in [-0.39, 0.29) is 28.4 Å². The van der Waals surface area contributed by atoms with Crippen LogP contribution in [0.5, 0.6) is 0 Å². The average molecular weight is 636 g/mol. The zero-order valence-corrected chi connectivity index (χ0v) is 25.1. The molecule has 0 bridgehead atoms. The summed E-state index contributed by atoms with van der Waals surface area (Å²) in [6, 6.07) is 17.6. The normalized spacial score (nSPS) is 14.7. The van der Waals surface area contributed by atoms with Crippen LogP contribution < -0.4 is 9.62 Å². The Hall–Kier alpha value is -3.57. The van der Waals surface area contributed by atoms with Crippen molar-refractivity contribution in [2.24, 2.45) is 0 Å². The van der Waals surface area contributed by atoms with Crippen molar-refractivity contribution in [3.8, 4) is 0 Å². The summed E-state index contributed by atoms with van der Waals surface area (Å²) < 4.78 is 69.3. The van der Waals surface area contributed by atoms with E-state index in [4.69, 9.17) is 11.6 Å². The molecule has 1 aliphatic rings. The number of hydrogen-bond acceptors (Lipinski definition) is 4. The maximum absolute atomic E-state index is 14.0. The molecule has 0 aromatic heterocycles. The molecular formula is C31H33ClF3N3O4S. The second-order valence-corrected chi connectivity index (χ2v) is 12.7. The van der Waals surface area contributed by atoms with E-state index in [1.807, 2.05) is 30.3 Å². The maximum atomic E-state index is 14.0. The van der Waals surface area contributed by atoms with Crippen molar-refractivity contribution in [2.75, 3.05) is 17.4 Å². The largest absolute Gasteiger partial charge is 0.416 e. The number of alkyl halides is 3. The van der Waals surface area contributed by atoms with Crippen molar-refractivity contribution >= 4 is 39.1 Å². The molecule has 0 unspecified atom stereocenters. The quantitative estimate of drug-likeness (QED) is 0.277. The monoisotopic (exact) mass is 635 g/mol. The number of rotatable bonds is 11. The zero-order valence-electron chi connectivity index (χ0n) is 23.6. The zero-order chi connectivity index (χ0) is 31.2. The number of hydrogen-bond donors (Lipinski definition) is 1. The molecule has 230 valence electrons. The van der Waals surface area contributed by atoms with Crippen LogP contribution in [0.15, 0.2) is 83.8 Å². The van der Waals surface area contributed by atoms with Crippen LogP contribution in [-0.2, 0) is 32.2 Å². The Morgan fingerprint density at radius 3 is 2.19 bits per heavy atom. The second kappa shape index (κ2) is 13.8. The summed E-state index contributed by atoms with van der Waals surface area (Å²) in [5.41, 5.74) is -0.740. The SMILES string of the molecule is C[C@H](C(=O)NC1CCCC1)N(CCc1ccccc1)C(=O)CN(c1cc(C(F)(F)F)ccc1Cl)S(=O)(=O)c1ccccc1. The first-order chi connectivity index (χ1) is 20.4. The van der Waals surface area contributed by atoms with Gasteiger partial charge in [-0.15, -0.1) is 0 Å². The number of nitrogens with one attached hydrogen (secondary N) is 1. The first kappa shape index (κ1) is 32.3. The molecule has 7 nitrogen and oxygen atoms in total. The van der Waals surface area contributed by atoms with E-state index in [9.17, 15) is 31.2 Å². The highest BCUT2D eigenvalue weighted by molar-refractivity contribution is 7.92. The highest BCUT2D eigenvalue weighted by atomic mass is 35.5. The lowest BCUT2D eigenvalue weighted by atomic mass is 10.1. The molecule has 0 spiro atoms. The Labute approximate surface area is 254 Å². The molecule has 0 aliphatic heterocycles. The number of anilines is 1. The van der Waals surface area contributed by atoms with E-state index in [0.717, 1.165) is 43.4 Å². The number of sulfonamides is 1. The Kier molecular flexibility index (Phi) is 10.4. The van der Waals surface area contributed by atoms with Gasteiger partial charge in [0.15, 0.2) is 0 Å². The summed E-state index contributed by atoms with van der Waals surface area (Å²) >= 11 is 6.28. The van der Waals surface area contributed by atoms with Gasteiger partial charge in [-0.3, -0.25) is 13.9 Å². The Morgan fingerprint density at radius 1 is 0.977 bits per heavy atom. The summed E-state index contributed by atoms with van der Waals surface area (Å²) in [5, 5.41) is 2.69. The molecule has 1 aliphatic carbocycles. The molecule has 0 saturated heterocycles. The van der Waals surface area contributed by atoms with Gasteiger partial charge in [0.1, 0.15) is 12.6 Å². The van der Waals surface area contributed by atoms with Crippen molar-refractivity contribution in [3.63, 3.8) is 0 Å². The second-order valence-electron chi connectivity index (χ2n) is 10.5. The van der Waals surface area contributed by atoms with Gasteiger partial charge in [0.25, 0.3) is 10.0 Å². The van der Waals surface area contributed by atoms with Gasteiger partial charge < -0.3 is 10.2 Å². The van der Waals surface area contributed by atoms with Gasteiger partial charge in [0.2, 0.25) is 11.8 Å². The minimum Gasteiger partial charge on any atom is -0.352 e. The smallest absolute Gasteiger partial charge is 0.352 e. The van der Waals surface area contributed by atoms with Gasteiger partial charge in [0, 0.05) is 12.6 Å². The summed E-state index contributed by atoms with van der Waals surface area (Å²) in [4.78, 5) is 28.3. The average Bonchev–Trinajstić information content (AvgIpc) is 3.49. The van der Waals surface area contributed by atoms with E-state index >= 15 is 0 Å². The van der Waals surface area contributed by atoms with Crippen LogP contribution in [0.2, 0.25) is 5.02 Å². The minimum atomic E-state index is -4.79. The Balaban J connectivity index is 1.72. The van der Waals surface area contributed by atoms with E-state index in [2.05, 4.69) is 5.32 Å². The van der Waals surface area contributed by atoms with Crippen LogP contribution in [0.25, 0.3) is 0 Å². The molecule has 3 aromatic carbocycles. The van der Waals surface area contributed by atoms with Crippen molar-refractivity contribution in [2.45, 2.75) is 62.2 Å². The van der Waals surface area contributed by atoms with Crippen molar-refractivity contribution < 1.29 is 31.2 Å². The molecular weight excluding hydrogens is 603 g/mol. The van der Waals surface area contributed by atoms with Crippen molar-refractivity contribution in [3.05, 3.63) is 95.0 Å². The van der Waals surface area contributed by atoms with Gasteiger partial charge in [0.05, 0.1) is 21.2 Å². The van der Waals surface area contributed by atoms with Crippen LogP contribution in [0.3, 0.4) is 0 Å². The molecule has 0 heterocycles. The lowest BCUT2D eigenvalue weighted by Gasteiger charge is -2.33. The number of carbonyl (C=O) groups excluding carboxylic acids is 2. The molecule has 0 radical (unpaired) electrons. The fraction of sp³-hybridized carbons (Fsp3) is 0.355. The van der Waals surface area contributed by atoms with Crippen molar-refractivity contribution in [1.82, 2.24) is 10.2 Å². The molecule has 4 rings (SSSR count). The van der Waals surface area contributed by atoms with Gasteiger partial charge in [-0.2, -0.15) is 13.2 Å². The number of benzene rings is 3. The standard InChI is InChI=1S/C31H33ClF3N3O4S/c1-22(30(40)36-25-12-8-9-13-25)37(19-18-23-10-4-2-5-11-23)29(39)21-38(43(41,42)26-14-6-3-7-15-26)28-20-24(31(33,34)35)16-17-27(28)32/h2-7,10-11,14-17,20,22,25H,8-9,12-13,18-19,21H2,1H3,(H,36,40)/t22-/m1/s1. The van der Waals surface area contributed by atoms with Crippen LogP contribution in [-0.4, -0.2) is 50.3 Å². The Morgan fingerprint density at radius 2 is 1.58 bits per heavy atom. The van der Waals surface area contributed by atoms with E-state index in [1.54, 1.807) is 13.0 Å². The van der Waals surface area contributed by atoms with Crippen LogP contribution in [0.1, 0.15) is 43.7 Å². The maximum Gasteiger partial charge on any atom is 0.416 e. The molecule has 1 N–H and O–H groups in total. The highest BCUT2D eigenvalue weighted by Crippen LogP contribution is 2.37. The number of carbonyl (C=O) groups is 2. The fourth-order valence-electron chi connectivity index (χ4n) is 5.08. The minimum absolute atomic E-state index is 0.0140. The highest BCUT2D eigenvalue weighted by Gasteiger charge is 2.36. The summed E-state index contributed by atoms with van der Waals surface area (Å²) in [7, 11) is -4.57. The van der Waals surface area contributed by atoms with Gasteiger partial charge in [-0.05, 0) is 62.1 Å². The first-order valence-corrected chi connectivity index (χ1v) is 15.8. The third-order valence-corrected chi connectivity index (χ3v) is 9.60. The number of amides is 2. The summed E-state index contributed by atoms with van der Waals surface area (Å²) in [6.07, 6.45) is -0.801. The van der Waals surface area contributed by atoms with Crippen molar-refractivity contribution in [1.29, 1.82) is 0 Å². The molecule has 3 aromatic rings. The lowest BCUT2D eigenvalue weighted by Crippen LogP contribution is -2.53. The first-order valence-electron chi connectivity index (χ1n) is 14.0. The predicted octanol–water partition coefficient (Wildman–Crippen LogP) is 6.07. The third kappa shape index (κ3) is 8.08. The van der Waals surface area contributed by atoms with E-state index in [1.165, 1.54) is 29.2 Å². The number of nitrogens with zero attached hydrogens (tertiary/aromatic N) is 2. The molecule has 1 atom stereocenters. The molecule has 12 heteroatoms. The van der Waals surface area contributed by atoms with Gasteiger partial charge in [-0.25, -0.2) is 8.42 Å². The van der Waals surface area contributed by atoms with Gasteiger partial charge >= 0.3 is 6.18 Å². The molecule has 1 saturated carbocycles. The molecule has 43 heavy (non-hydrogen) atoms. The Bertz CT molecular complexity index is 1520. The molecule has 1 fully saturated rings. The van der Waals surface area contributed by atoms with Crippen LogP contribution in [0.4, 0.5) is 18.9 Å². The summed E-state index contributed by atoms with van der Waals surface area (Å²) in [6.45, 7) is 0.742. The fourth-order valence-corrected chi connectivity index (χ4v) is 6.79. The summed E-state index contributed by atoms with van der Waals surface area (Å²) in [5.74, 6) is -1.15. The predicted molar refractivity (Wildman–Crippen MR) is 159 cm³/mol. The van der Waals surface area contributed by atoms with E-state index in [0.29, 0.717) is 16.8 Å².